The molecule has 3 aromatic rings. The Balaban J connectivity index is 1.59. The predicted octanol–water partition coefficient (Wildman–Crippen LogP) is 6.81. The summed E-state index contributed by atoms with van der Waals surface area (Å²) < 4.78 is 16.7. The Hall–Kier alpha value is -2.07. The minimum Gasteiger partial charge on any atom is -0.497 e. The van der Waals surface area contributed by atoms with Gasteiger partial charge in [-0.25, -0.2) is 0 Å². The summed E-state index contributed by atoms with van der Waals surface area (Å²) in [5, 5.41) is 1.52. The van der Waals surface area contributed by atoms with Crippen LogP contribution in [0.15, 0.2) is 60.7 Å². The Morgan fingerprint density at radius 2 is 1.30 bits per heavy atom. The maximum absolute atomic E-state index is 6.15. The van der Waals surface area contributed by atoms with Crippen LogP contribution in [0.4, 0.5) is 0 Å². The van der Waals surface area contributed by atoms with Crippen molar-refractivity contribution in [3.05, 3.63) is 86.9 Å². The standard InChI is InChI=1S/C21H17Cl3O3/c1-25-16-9-10-17(22)20(11-16)26-12-14-5-7-15(8-6-14)13-27-21-18(23)3-2-4-19(21)24/h2-11H,12-13H2,1H3. The lowest BCUT2D eigenvalue weighted by Gasteiger charge is -2.11. The molecule has 0 bridgehead atoms. The van der Waals surface area contributed by atoms with E-state index in [2.05, 4.69) is 0 Å². The van der Waals surface area contributed by atoms with Gasteiger partial charge in [0.25, 0.3) is 0 Å². The highest BCUT2D eigenvalue weighted by Crippen LogP contribution is 2.33. The Bertz CT molecular complexity index is 891. The number of rotatable bonds is 7. The molecular formula is C21H17Cl3O3. The lowest BCUT2D eigenvalue weighted by Crippen LogP contribution is -1.99. The SMILES string of the molecule is COc1ccc(Cl)c(OCc2ccc(COc3c(Cl)cccc3Cl)cc2)c1. The molecule has 0 aliphatic heterocycles. The van der Waals surface area contributed by atoms with Gasteiger partial charge in [-0.1, -0.05) is 65.1 Å². The molecule has 0 aliphatic carbocycles. The number of methoxy groups -OCH3 is 1. The number of halogens is 3. The highest BCUT2D eigenvalue weighted by Gasteiger charge is 2.07. The molecule has 0 unspecified atom stereocenters. The van der Waals surface area contributed by atoms with E-state index < -0.39 is 0 Å². The van der Waals surface area contributed by atoms with Gasteiger partial charge in [-0.05, 0) is 35.4 Å². The molecule has 0 radical (unpaired) electrons. The van der Waals surface area contributed by atoms with Crippen molar-refractivity contribution in [1.82, 2.24) is 0 Å². The number of para-hydroxylation sites is 1. The molecule has 27 heavy (non-hydrogen) atoms. The molecule has 0 aromatic heterocycles. The third-order valence-corrected chi connectivity index (χ3v) is 4.77. The normalized spacial score (nSPS) is 10.5. The molecule has 0 saturated heterocycles. The van der Waals surface area contributed by atoms with Gasteiger partial charge in [-0.3, -0.25) is 0 Å². The summed E-state index contributed by atoms with van der Waals surface area (Å²) in [6.07, 6.45) is 0. The number of ether oxygens (including phenoxy) is 3. The zero-order chi connectivity index (χ0) is 19.2. The van der Waals surface area contributed by atoms with Gasteiger partial charge in [0.15, 0.2) is 5.75 Å². The van der Waals surface area contributed by atoms with Crippen molar-refractivity contribution in [3.8, 4) is 17.2 Å². The predicted molar refractivity (Wildman–Crippen MR) is 110 cm³/mol. The summed E-state index contributed by atoms with van der Waals surface area (Å²) in [4.78, 5) is 0. The van der Waals surface area contributed by atoms with Crippen LogP contribution in [0.25, 0.3) is 0 Å². The molecule has 3 rings (SSSR count). The van der Waals surface area contributed by atoms with E-state index in [1.165, 1.54) is 0 Å². The van der Waals surface area contributed by atoms with Gasteiger partial charge in [0.05, 0.1) is 22.2 Å². The fraction of sp³-hybridized carbons (Fsp3) is 0.143. The first-order valence-electron chi connectivity index (χ1n) is 8.18. The van der Waals surface area contributed by atoms with Gasteiger partial charge < -0.3 is 14.2 Å². The van der Waals surface area contributed by atoms with E-state index in [0.29, 0.717) is 45.5 Å². The molecule has 0 spiro atoms. The maximum Gasteiger partial charge on any atom is 0.156 e. The fourth-order valence-electron chi connectivity index (χ4n) is 2.39. The second-order valence-corrected chi connectivity index (χ2v) is 6.96. The molecule has 0 fully saturated rings. The molecule has 0 aliphatic rings. The van der Waals surface area contributed by atoms with Gasteiger partial charge in [-0.15, -0.1) is 0 Å². The molecule has 6 heteroatoms. The lowest BCUT2D eigenvalue weighted by atomic mass is 10.1. The monoisotopic (exact) mass is 422 g/mol. The first-order valence-corrected chi connectivity index (χ1v) is 9.31. The zero-order valence-corrected chi connectivity index (χ0v) is 16.8. The van der Waals surface area contributed by atoms with Gasteiger partial charge in [-0.2, -0.15) is 0 Å². The molecule has 140 valence electrons. The largest absolute Gasteiger partial charge is 0.497 e. The van der Waals surface area contributed by atoms with Crippen LogP contribution >= 0.6 is 34.8 Å². The van der Waals surface area contributed by atoms with E-state index in [0.717, 1.165) is 11.1 Å². The van der Waals surface area contributed by atoms with Crippen molar-refractivity contribution in [2.75, 3.05) is 7.11 Å². The van der Waals surface area contributed by atoms with Crippen LogP contribution in [-0.4, -0.2) is 7.11 Å². The summed E-state index contributed by atoms with van der Waals surface area (Å²) in [7, 11) is 1.60. The minimum absolute atomic E-state index is 0.367. The van der Waals surface area contributed by atoms with Crippen molar-refractivity contribution in [2.24, 2.45) is 0 Å². The second-order valence-electron chi connectivity index (χ2n) is 5.74. The van der Waals surface area contributed by atoms with E-state index in [1.54, 1.807) is 43.5 Å². The van der Waals surface area contributed by atoms with Crippen LogP contribution in [0.1, 0.15) is 11.1 Å². The van der Waals surface area contributed by atoms with Gasteiger partial charge in [0.2, 0.25) is 0 Å². The van der Waals surface area contributed by atoms with Gasteiger partial charge >= 0.3 is 0 Å². The van der Waals surface area contributed by atoms with Crippen molar-refractivity contribution >= 4 is 34.8 Å². The summed E-state index contributed by atoms with van der Waals surface area (Å²) in [6, 6.07) is 18.4. The quantitative estimate of drug-likeness (QED) is 0.417. The summed E-state index contributed by atoms with van der Waals surface area (Å²) in [6.45, 7) is 0.761. The zero-order valence-electron chi connectivity index (χ0n) is 14.5. The average Bonchev–Trinajstić information content (AvgIpc) is 2.68. The number of benzene rings is 3. The third kappa shape index (κ3) is 5.23. The molecule has 3 nitrogen and oxygen atoms in total. The molecule has 0 heterocycles. The second kappa shape index (κ2) is 9.23. The van der Waals surface area contributed by atoms with Crippen molar-refractivity contribution in [2.45, 2.75) is 13.2 Å². The topological polar surface area (TPSA) is 27.7 Å². The highest BCUT2D eigenvalue weighted by atomic mass is 35.5. The van der Waals surface area contributed by atoms with Gasteiger partial charge in [0, 0.05) is 6.07 Å². The van der Waals surface area contributed by atoms with Crippen molar-refractivity contribution in [1.29, 1.82) is 0 Å². The number of hydrogen-bond acceptors (Lipinski definition) is 3. The molecule has 0 amide bonds. The summed E-state index contributed by atoms with van der Waals surface area (Å²) in [5.41, 5.74) is 2.00. The summed E-state index contributed by atoms with van der Waals surface area (Å²) >= 11 is 18.4. The molecule has 3 aromatic carbocycles. The van der Waals surface area contributed by atoms with E-state index in [1.807, 2.05) is 24.3 Å². The molecule has 0 saturated carbocycles. The highest BCUT2D eigenvalue weighted by molar-refractivity contribution is 6.37. The minimum atomic E-state index is 0.367. The Morgan fingerprint density at radius 3 is 1.89 bits per heavy atom. The lowest BCUT2D eigenvalue weighted by molar-refractivity contribution is 0.301. The van der Waals surface area contributed by atoms with Crippen LogP contribution < -0.4 is 14.2 Å². The van der Waals surface area contributed by atoms with Crippen LogP contribution in [0.2, 0.25) is 15.1 Å². The summed E-state index contributed by atoms with van der Waals surface area (Å²) in [5.74, 6) is 1.76. The van der Waals surface area contributed by atoms with Crippen LogP contribution in [0.5, 0.6) is 17.2 Å². The number of hydrogen-bond donors (Lipinski definition) is 0. The Morgan fingerprint density at radius 1 is 0.704 bits per heavy atom. The van der Waals surface area contributed by atoms with Crippen molar-refractivity contribution < 1.29 is 14.2 Å². The molecule has 0 N–H and O–H groups in total. The van der Waals surface area contributed by atoms with E-state index in [-0.39, 0.29) is 0 Å². The average molecular weight is 424 g/mol. The van der Waals surface area contributed by atoms with Crippen LogP contribution in [0, 0.1) is 0 Å². The fourth-order valence-corrected chi connectivity index (χ4v) is 3.07. The van der Waals surface area contributed by atoms with E-state index >= 15 is 0 Å². The maximum atomic E-state index is 6.15. The van der Waals surface area contributed by atoms with E-state index in [4.69, 9.17) is 49.0 Å². The van der Waals surface area contributed by atoms with Crippen LogP contribution in [-0.2, 0) is 13.2 Å². The third-order valence-electron chi connectivity index (χ3n) is 3.86. The Labute approximate surface area is 173 Å². The van der Waals surface area contributed by atoms with Crippen LogP contribution in [0.3, 0.4) is 0 Å². The first kappa shape index (κ1) is 19.7. The molecular weight excluding hydrogens is 407 g/mol. The first-order chi connectivity index (χ1) is 13.1. The van der Waals surface area contributed by atoms with Gasteiger partial charge in [0.1, 0.15) is 24.7 Å². The Kier molecular flexibility index (Phi) is 6.73. The van der Waals surface area contributed by atoms with E-state index in [9.17, 15) is 0 Å². The van der Waals surface area contributed by atoms with Crippen molar-refractivity contribution in [3.63, 3.8) is 0 Å². The smallest absolute Gasteiger partial charge is 0.156 e. The molecule has 0 atom stereocenters.